The van der Waals surface area contributed by atoms with E-state index >= 15 is 0 Å². The molecule has 0 saturated carbocycles. The number of benzene rings is 2. The number of thioether (sulfide) groups is 1. The molecule has 2 aromatic carbocycles. The third kappa shape index (κ3) is 5.70. The van der Waals surface area contributed by atoms with Crippen LogP contribution in [0.15, 0.2) is 42.5 Å². The second kappa shape index (κ2) is 9.55. The molecule has 28 heavy (non-hydrogen) atoms. The van der Waals surface area contributed by atoms with Crippen LogP contribution >= 0.6 is 11.8 Å². The molecule has 1 aliphatic carbocycles. The number of amides is 1. The van der Waals surface area contributed by atoms with Crippen LogP contribution in [0, 0.1) is 6.92 Å². The van der Waals surface area contributed by atoms with Crippen molar-refractivity contribution in [1.82, 2.24) is 0 Å². The van der Waals surface area contributed by atoms with Crippen molar-refractivity contribution >= 4 is 35.1 Å². The number of carbonyl (C=O) groups excluding carboxylic acids is 3. The van der Waals surface area contributed by atoms with Gasteiger partial charge in [0.15, 0.2) is 12.4 Å². The molecule has 0 bridgehead atoms. The minimum absolute atomic E-state index is 0.0266. The highest BCUT2D eigenvalue weighted by Gasteiger charge is 2.15. The van der Waals surface area contributed by atoms with Crippen LogP contribution in [0.2, 0.25) is 0 Å². The maximum Gasteiger partial charge on any atom is 0.316 e. The summed E-state index contributed by atoms with van der Waals surface area (Å²) < 4.78 is 5.05. The highest BCUT2D eigenvalue weighted by atomic mass is 32.2. The molecule has 1 amide bonds. The number of hydrogen-bond donors (Lipinski definition) is 1. The molecule has 3 rings (SSSR count). The number of hydrogen-bond acceptors (Lipinski definition) is 5. The Bertz CT molecular complexity index is 877. The van der Waals surface area contributed by atoms with E-state index < -0.39 is 5.97 Å². The lowest BCUT2D eigenvalue weighted by Gasteiger charge is -2.07. The topological polar surface area (TPSA) is 72.5 Å². The first-order valence-electron chi connectivity index (χ1n) is 9.26. The molecule has 146 valence electrons. The summed E-state index contributed by atoms with van der Waals surface area (Å²) in [5.41, 5.74) is 4.93. The van der Waals surface area contributed by atoms with Gasteiger partial charge in [-0.1, -0.05) is 29.8 Å². The van der Waals surface area contributed by atoms with Crippen molar-refractivity contribution < 1.29 is 19.1 Å². The Morgan fingerprint density at radius 3 is 2.54 bits per heavy atom. The van der Waals surface area contributed by atoms with Crippen LogP contribution in [0.1, 0.15) is 33.5 Å². The molecular formula is C22H23NO4S. The monoisotopic (exact) mass is 397 g/mol. The van der Waals surface area contributed by atoms with Crippen molar-refractivity contribution in [2.75, 3.05) is 23.4 Å². The molecule has 0 aromatic heterocycles. The summed E-state index contributed by atoms with van der Waals surface area (Å²) in [6.07, 6.45) is 3.18. The van der Waals surface area contributed by atoms with E-state index in [1.54, 1.807) is 6.07 Å². The molecule has 0 radical (unpaired) electrons. The minimum Gasteiger partial charge on any atom is -0.457 e. The first-order chi connectivity index (χ1) is 13.5. The average molecular weight is 397 g/mol. The number of nitrogens with one attached hydrogen (secondary N) is 1. The average Bonchev–Trinajstić information content (AvgIpc) is 3.15. The molecule has 0 saturated heterocycles. The standard InChI is InChI=1S/C22H23NO4S/c1-15-5-9-19(10-6-15)23-21(25)13-28-14-22(26)27-12-20(24)18-8-7-16-3-2-4-17(16)11-18/h5-11H,2-4,12-14H2,1H3,(H,23,25). The predicted molar refractivity (Wildman–Crippen MR) is 111 cm³/mol. The maximum atomic E-state index is 12.2. The number of fused-ring (bicyclic) bond motifs is 1. The lowest BCUT2D eigenvalue weighted by molar-refractivity contribution is -0.139. The van der Waals surface area contributed by atoms with Gasteiger partial charge in [-0.2, -0.15) is 0 Å². The summed E-state index contributed by atoms with van der Waals surface area (Å²) in [5.74, 6) is -0.718. The van der Waals surface area contributed by atoms with Crippen molar-refractivity contribution in [3.05, 3.63) is 64.7 Å². The molecule has 0 unspecified atom stereocenters. The third-order valence-corrected chi connectivity index (χ3v) is 5.48. The van der Waals surface area contributed by atoms with Gasteiger partial charge in [-0.05, 0) is 55.5 Å². The van der Waals surface area contributed by atoms with E-state index in [0.29, 0.717) is 5.56 Å². The highest BCUT2D eigenvalue weighted by Crippen LogP contribution is 2.23. The highest BCUT2D eigenvalue weighted by molar-refractivity contribution is 8.00. The quantitative estimate of drug-likeness (QED) is 0.544. The van der Waals surface area contributed by atoms with Gasteiger partial charge in [0.05, 0.1) is 11.5 Å². The first kappa shape index (κ1) is 20.1. The molecule has 1 aliphatic rings. The van der Waals surface area contributed by atoms with Gasteiger partial charge in [-0.3, -0.25) is 14.4 Å². The van der Waals surface area contributed by atoms with Crippen molar-refractivity contribution in [3.63, 3.8) is 0 Å². The lowest BCUT2D eigenvalue weighted by Crippen LogP contribution is -2.18. The van der Waals surface area contributed by atoms with E-state index in [9.17, 15) is 14.4 Å². The zero-order chi connectivity index (χ0) is 19.9. The number of ketones is 1. The Labute approximate surface area is 168 Å². The van der Waals surface area contributed by atoms with Gasteiger partial charge in [0.2, 0.25) is 5.91 Å². The minimum atomic E-state index is -0.498. The van der Waals surface area contributed by atoms with Crippen molar-refractivity contribution in [2.24, 2.45) is 0 Å². The number of Topliss-reactive ketones (excluding diaryl/α,β-unsaturated/α-hetero) is 1. The molecular weight excluding hydrogens is 374 g/mol. The van der Waals surface area contributed by atoms with E-state index in [4.69, 9.17) is 4.74 Å². The van der Waals surface area contributed by atoms with E-state index in [2.05, 4.69) is 5.32 Å². The maximum absolute atomic E-state index is 12.2. The van der Waals surface area contributed by atoms with Crippen molar-refractivity contribution in [3.8, 4) is 0 Å². The van der Waals surface area contributed by atoms with Crippen LogP contribution in [-0.4, -0.2) is 35.8 Å². The Hall–Kier alpha value is -2.60. The second-order valence-corrected chi connectivity index (χ2v) is 7.81. The molecule has 5 nitrogen and oxygen atoms in total. The van der Waals surface area contributed by atoms with Gasteiger partial charge >= 0.3 is 5.97 Å². The number of rotatable bonds is 8. The number of ether oxygens (including phenoxy) is 1. The number of carbonyl (C=O) groups is 3. The summed E-state index contributed by atoms with van der Waals surface area (Å²) in [5, 5.41) is 2.77. The Balaban J connectivity index is 1.35. The van der Waals surface area contributed by atoms with Gasteiger partial charge in [0, 0.05) is 11.3 Å². The molecule has 1 N–H and O–H groups in total. The van der Waals surface area contributed by atoms with Crippen LogP contribution < -0.4 is 5.32 Å². The largest absolute Gasteiger partial charge is 0.457 e. The van der Waals surface area contributed by atoms with Crippen molar-refractivity contribution in [2.45, 2.75) is 26.2 Å². The number of esters is 1. The van der Waals surface area contributed by atoms with Crippen molar-refractivity contribution in [1.29, 1.82) is 0 Å². The lowest BCUT2D eigenvalue weighted by atomic mass is 10.0. The van der Waals surface area contributed by atoms with Gasteiger partial charge in [0.25, 0.3) is 0 Å². The first-order valence-corrected chi connectivity index (χ1v) is 10.4. The zero-order valence-electron chi connectivity index (χ0n) is 15.8. The predicted octanol–water partition coefficient (Wildman–Crippen LogP) is 3.58. The van der Waals surface area contributed by atoms with Gasteiger partial charge in [-0.25, -0.2) is 0 Å². The Morgan fingerprint density at radius 1 is 1.00 bits per heavy atom. The van der Waals surface area contributed by atoms with Crippen LogP contribution in [0.4, 0.5) is 5.69 Å². The molecule has 0 heterocycles. The fraction of sp³-hybridized carbons (Fsp3) is 0.318. The second-order valence-electron chi connectivity index (χ2n) is 6.83. The molecule has 6 heteroatoms. The normalized spacial score (nSPS) is 12.3. The number of aryl methyl sites for hydroxylation is 3. The van der Waals surface area contributed by atoms with E-state index in [-0.39, 0.29) is 29.8 Å². The number of anilines is 1. The van der Waals surface area contributed by atoms with E-state index in [0.717, 1.165) is 42.3 Å². The molecule has 2 aromatic rings. The Morgan fingerprint density at radius 2 is 1.75 bits per heavy atom. The van der Waals surface area contributed by atoms with Gasteiger partial charge < -0.3 is 10.1 Å². The summed E-state index contributed by atoms with van der Waals surface area (Å²) in [6.45, 7) is 1.70. The summed E-state index contributed by atoms with van der Waals surface area (Å²) >= 11 is 1.16. The molecule has 0 spiro atoms. The van der Waals surface area contributed by atoms with Crippen LogP contribution in [-0.2, 0) is 27.2 Å². The fourth-order valence-electron chi connectivity index (χ4n) is 3.08. The van der Waals surface area contributed by atoms with E-state index in [1.165, 1.54) is 11.1 Å². The van der Waals surface area contributed by atoms with Gasteiger partial charge in [-0.15, -0.1) is 11.8 Å². The van der Waals surface area contributed by atoms with E-state index in [1.807, 2.05) is 43.3 Å². The SMILES string of the molecule is Cc1ccc(NC(=O)CSCC(=O)OCC(=O)c2ccc3c(c2)CCC3)cc1. The molecule has 0 atom stereocenters. The van der Waals surface area contributed by atoms with Crippen LogP contribution in [0.5, 0.6) is 0 Å². The molecule has 0 fully saturated rings. The fourth-order valence-corrected chi connectivity index (χ4v) is 3.69. The summed E-state index contributed by atoms with van der Waals surface area (Å²) in [7, 11) is 0. The van der Waals surface area contributed by atoms with Gasteiger partial charge in [0.1, 0.15) is 0 Å². The summed E-state index contributed by atoms with van der Waals surface area (Å²) in [6, 6.07) is 13.2. The third-order valence-electron chi connectivity index (χ3n) is 4.57. The zero-order valence-corrected chi connectivity index (χ0v) is 16.6. The summed E-state index contributed by atoms with van der Waals surface area (Å²) in [4.78, 5) is 35.9. The molecule has 0 aliphatic heterocycles. The Kier molecular flexibility index (Phi) is 6.87. The van der Waals surface area contributed by atoms with Crippen LogP contribution in [0.3, 0.4) is 0 Å². The smallest absolute Gasteiger partial charge is 0.316 e. The van der Waals surface area contributed by atoms with Crippen LogP contribution in [0.25, 0.3) is 0 Å².